The number of sulfonamides is 1. The summed E-state index contributed by atoms with van der Waals surface area (Å²) in [6.45, 7) is 0.348. The van der Waals surface area contributed by atoms with Gasteiger partial charge in [0.1, 0.15) is 12.2 Å². The van der Waals surface area contributed by atoms with Gasteiger partial charge in [-0.05, 0) is 31.2 Å². The first kappa shape index (κ1) is 22.3. The lowest BCUT2D eigenvalue weighted by Crippen LogP contribution is -2.32. The van der Waals surface area contributed by atoms with E-state index in [1.807, 2.05) is 0 Å². The molecule has 2 N–H and O–H groups in total. The van der Waals surface area contributed by atoms with E-state index in [9.17, 15) is 28.1 Å². The Hall–Kier alpha value is -3.02. The van der Waals surface area contributed by atoms with Crippen LogP contribution < -0.4 is 10.0 Å². The summed E-state index contributed by atoms with van der Waals surface area (Å²) >= 11 is 5.68. The Labute approximate surface area is 171 Å². The van der Waals surface area contributed by atoms with Gasteiger partial charge in [0.2, 0.25) is 10.0 Å². The number of hydrogen-bond acceptors (Lipinski definition) is 7. The molecule has 0 fully saturated rings. The molecule has 0 saturated carbocycles. The number of amides is 1. The number of nitro groups is 1. The molecule has 10 nitrogen and oxygen atoms in total. The predicted molar refractivity (Wildman–Crippen MR) is 104 cm³/mol. The van der Waals surface area contributed by atoms with Gasteiger partial charge in [-0.25, -0.2) is 8.42 Å². The van der Waals surface area contributed by atoms with E-state index in [1.165, 1.54) is 24.3 Å². The van der Waals surface area contributed by atoms with Crippen LogP contribution >= 0.6 is 11.6 Å². The van der Waals surface area contributed by atoms with Crippen LogP contribution in [0.5, 0.6) is 0 Å². The molecule has 2 aromatic carbocycles. The van der Waals surface area contributed by atoms with Crippen molar-refractivity contribution < 1.29 is 27.7 Å². The van der Waals surface area contributed by atoms with Crippen molar-refractivity contribution in [3.8, 4) is 0 Å². The summed E-state index contributed by atoms with van der Waals surface area (Å²) in [5.74, 6) is -1.84. The van der Waals surface area contributed by atoms with Crippen molar-refractivity contribution >= 4 is 44.9 Å². The van der Waals surface area contributed by atoms with Crippen LogP contribution in [0.3, 0.4) is 0 Å². The second-order valence-electron chi connectivity index (χ2n) is 5.77. The number of aryl methyl sites for hydroxylation is 1. The molecule has 0 atom stereocenters. The van der Waals surface area contributed by atoms with Gasteiger partial charge in [0, 0.05) is 11.1 Å². The van der Waals surface area contributed by atoms with E-state index in [1.54, 1.807) is 19.1 Å². The summed E-state index contributed by atoms with van der Waals surface area (Å²) in [6, 6.07) is 9.61. The van der Waals surface area contributed by atoms with Gasteiger partial charge in [0.15, 0.2) is 6.61 Å². The fourth-order valence-electron chi connectivity index (χ4n) is 2.10. The third kappa shape index (κ3) is 6.52. The van der Waals surface area contributed by atoms with Crippen molar-refractivity contribution in [2.24, 2.45) is 0 Å². The molecule has 0 saturated heterocycles. The maximum absolute atomic E-state index is 12.1. The molecule has 0 heterocycles. The van der Waals surface area contributed by atoms with Crippen molar-refractivity contribution in [2.45, 2.75) is 11.8 Å². The van der Waals surface area contributed by atoms with Crippen LogP contribution in [0.1, 0.15) is 5.56 Å². The third-order valence-corrected chi connectivity index (χ3v) is 5.18. The van der Waals surface area contributed by atoms with Gasteiger partial charge in [-0.3, -0.25) is 19.7 Å². The molecular formula is C17H16ClN3O7S. The Morgan fingerprint density at radius 2 is 1.83 bits per heavy atom. The van der Waals surface area contributed by atoms with Crippen molar-refractivity contribution in [3.63, 3.8) is 0 Å². The molecule has 0 aliphatic heterocycles. The standard InChI is InChI=1S/C17H16ClN3O7S/c1-11-2-5-13(6-3-11)29(26,27)19-9-17(23)28-10-16(22)20-14-7-4-12(18)8-15(14)21(24)25/h2-8,19H,9-10H2,1H3,(H,20,22). The third-order valence-electron chi connectivity index (χ3n) is 3.53. The summed E-state index contributed by atoms with van der Waals surface area (Å²) in [7, 11) is -3.92. The highest BCUT2D eigenvalue weighted by atomic mass is 35.5. The van der Waals surface area contributed by atoms with Gasteiger partial charge >= 0.3 is 5.97 Å². The number of carbonyl (C=O) groups excluding carboxylic acids is 2. The minimum Gasteiger partial charge on any atom is -0.455 e. The van der Waals surface area contributed by atoms with Gasteiger partial charge in [-0.15, -0.1) is 0 Å². The molecule has 154 valence electrons. The highest BCUT2D eigenvalue weighted by molar-refractivity contribution is 7.89. The second kappa shape index (κ2) is 9.45. The number of rotatable bonds is 8. The zero-order chi connectivity index (χ0) is 21.6. The summed E-state index contributed by atoms with van der Waals surface area (Å²) in [5, 5.41) is 13.3. The van der Waals surface area contributed by atoms with Crippen molar-refractivity contribution in [1.82, 2.24) is 4.72 Å². The normalized spacial score (nSPS) is 11.0. The highest BCUT2D eigenvalue weighted by Gasteiger charge is 2.19. The fraction of sp³-hybridized carbons (Fsp3) is 0.176. The summed E-state index contributed by atoms with van der Waals surface area (Å²) in [4.78, 5) is 33.8. The van der Waals surface area contributed by atoms with Crippen LogP contribution in [-0.4, -0.2) is 38.4 Å². The summed E-state index contributed by atoms with van der Waals surface area (Å²) < 4.78 is 30.9. The number of halogens is 1. The second-order valence-corrected chi connectivity index (χ2v) is 7.97. The smallest absolute Gasteiger partial charge is 0.321 e. The van der Waals surface area contributed by atoms with E-state index < -0.39 is 45.7 Å². The number of nitro benzene ring substituents is 1. The van der Waals surface area contributed by atoms with Crippen LogP contribution in [0.25, 0.3) is 0 Å². The Kier molecular flexibility index (Phi) is 7.26. The van der Waals surface area contributed by atoms with Crippen LogP contribution in [0.15, 0.2) is 47.4 Å². The molecule has 0 bridgehead atoms. The van der Waals surface area contributed by atoms with Crippen molar-refractivity contribution in [3.05, 3.63) is 63.2 Å². The highest BCUT2D eigenvalue weighted by Crippen LogP contribution is 2.27. The largest absolute Gasteiger partial charge is 0.455 e. The lowest BCUT2D eigenvalue weighted by molar-refractivity contribution is -0.383. The molecule has 1 amide bonds. The lowest BCUT2D eigenvalue weighted by Gasteiger charge is -2.09. The monoisotopic (exact) mass is 441 g/mol. The van der Waals surface area contributed by atoms with Crippen LogP contribution in [0.2, 0.25) is 5.02 Å². The number of ether oxygens (including phenoxy) is 1. The van der Waals surface area contributed by atoms with E-state index >= 15 is 0 Å². The molecule has 0 aliphatic rings. The van der Waals surface area contributed by atoms with E-state index in [2.05, 4.69) is 14.8 Å². The zero-order valence-corrected chi connectivity index (χ0v) is 16.6. The van der Waals surface area contributed by atoms with Crippen LogP contribution in [-0.2, 0) is 24.3 Å². The lowest BCUT2D eigenvalue weighted by atomic mass is 10.2. The zero-order valence-electron chi connectivity index (χ0n) is 15.0. The molecule has 0 aromatic heterocycles. The quantitative estimate of drug-likeness (QED) is 0.362. The Balaban J connectivity index is 1.87. The SMILES string of the molecule is Cc1ccc(S(=O)(=O)NCC(=O)OCC(=O)Nc2ccc(Cl)cc2[N+](=O)[O-])cc1. The van der Waals surface area contributed by atoms with Crippen molar-refractivity contribution in [2.75, 3.05) is 18.5 Å². The maximum Gasteiger partial charge on any atom is 0.321 e. The molecule has 12 heteroatoms. The average Bonchev–Trinajstić information content (AvgIpc) is 2.66. The first-order valence-electron chi connectivity index (χ1n) is 8.04. The van der Waals surface area contributed by atoms with Gasteiger partial charge in [-0.2, -0.15) is 4.72 Å². The maximum atomic E-state index is 12.1. The fourth-order valence-corrected chi connectivity index (χ4v) is 3.23. The first-order chi connectivity index (χ1) is 13.6. The number of carbonyl (C=O) groups is 2. The topological polar surface area (TPSA) is 145 Å². The summed E-state index contributed by atoms with van der Waals surface area (Å²) in [5.41, 5.74) is 0.318. The molecule has 0 spiro atoms. The predicted octanol–water partition coefficient (Wildman–Crippen LogP) is 2.02. The van der Waals surface area contributed by atoms with Crippen LogP contribution in [0, 0.1) is 17.0 Å². The number of esters is 1. The molecule has 2 aromatic rings. The molecule has 0 aliphatic carbocycles. The van der Waals surface area contributed by atoms with Gasteiger partial charge in [0.25, 0.3) is 11.6 Å². The number of hydrogen-bond donors (Lipinski definition) is 2. The average molecular weight is 442 g/mol. The van der Waals surface area contributed by atoms with Gasteiger partial charge in [0.05, 0.1) is 9.82 Å². The number of benzene rings is 2. The minimum absolute atomic E-state index is 0.0244. The minimum atomic E-state index is -3.92. The Morgan fingerprint density at radius 1 is 1.17 bits per heavy atom. The van der Waals surface area contributed by atoms with Gasteiger partial charge in [-0.1, -0.05) is 29.3 Å². The number of nitrogens with zero attached hydrogens (tertiary/aromatic N) is 1. The summed E-state index contributed by atoms with van der Waals surface area (Å²) in [6.07, 6.45) is 0. The van der Waals surface area contributed by atoms with E-state index in [-0.39, 0.29) is 15.6 Å². The van der Waals surface area contributed by atoms with Gasteiger partial charge < -0.3 is 10.1 Å². The van der Waals surface area contributed by atoms with E-state index in [0.29, 0.717) is 0 Å². The first-order valence-corrected chi connectivity index (χ1v) is 9.90. The van der Waals surface area contributed by atoms with E-state index in [4.69, 9.17) is 11.6 Å². The number of anilines is 1. The Morgan fingerprint density at radius 3 is 2.45 bits per heavy atom. The number of nitrogens with one attached hydrogen (secondary N) is 2. The van der Waals surface area contributed by atoms with E-state index in [0.717, 1.165) is 11.6 Å². The molecule has 2 rings (SSSR count). The van der Waals surface area contributed by atoms with Crippen LogP contribution in [0.4, 0.5) is 11.4 Å². The van der Waals surface area contributed by atoms with Crippen molar-refractivity contribution in [1.29, 1.82) is 0 Å². The molecular weight excluding hydrogens is 426 g/mol. The molecule has 0 unspecified atom stereocenters. The Bertz CT molecular complexity index is 1040. The molecule has 0 radical (unpaired) electrons. The molecule has 29 heavy (non-hydrogen) atoms.